The molecule has 1 fully saturated rings. The summed E-state index contributed by atoms with van der Waals surface area (Å²) in [7, 11) is 0. The van der Waals surface area contributed by atoms with E-state index < -0.39 is 0 Å². The highest BCUT2D eigenvalue weighted by Crippen LogP contribution is 2.28. The lowest BCUT2D eigenvalue weighted by Crippen LogP contribution is -2.33. The minimum Gasteiger partial charge on any atom is -0.339 e. The molecule has 8 nitrogen and oxygen atoms in total. The number of nitrogens with one attached hydrogen (secondary N) is 1. The predicted octanol–water partition coefficient (Wildman–Crippen LogP) is 2.22. The zero-order valence-corrected chi connectivity index (χ0v) is 15.4. The molecule has 0 unspecified atom stereocenters. The molecule has 0 aromatic carbocycles. The third kappa shape index (κ3) is 3.29. The van der Waals surface area contributed by atoms with Crippen molar-refractivity contribution in [2.75, 3.05) is 13.1 Å². The average Bonchev–Trinajstić information content (AvgIpc) is 3.22. The molecule has 0 atom stereocenters. The number of likely N-dealkylation sites (tertiary alicyclic amines) is 1. The van der Waals surface area contributed by atoms with Crippen LogP contribution in [0, 0.1) is 6.92 Å². The van der Waals surface area contributed by atoms with Crippen LogP contribution in [-0.4, -0.2) is 42.7 Å². The molecule has 138 valence electrons. The number of hydrogen-bond donors (Lipinski definition) is 1. The van der Waals surface area contributed by atoms with Gasteiger partial charge in [0.15, 0.2) is 11.5 Å². The maximum Gasteiger partial charge on any atom is 0.272 e. The molecule has 0 aliphatic carbocycles. The van der Waals surface area contributed by atoms with E-state index in [0.29, 0.717) is 18.1 Å². The maximum absolute atomic E-state index is 12.2. The van der Waals surface area contributed by atoms with Crippen LogP contribution in [0.4, 0.5) is 0 Å². The summed E-state index contributed by atoms with van der Waals surface area (Å²) >= 11 is 0. The lowest BCUT2D eigenvalue weighted by Gasteiger charge is -2.29. The summed E-state index contributed by atoms with van der Waals surface area (Å²) in [5.41, 5.74) is 2.34. The topological polar surface area (TPSA) is 92.3 Å². The third-order valence-electron chi connectivity index (χ3n) is 4.93. The van der Waals surface area contributed by atoms with Crippen LogP contribution < -0.4 is 5.56 Å². The van der Waals surface area contributed by atoms with Crippen molar-refractivity contribution < 1.29 is 4.52 Å². The summed E-state index contributed by atoms with van der Waals surface area (Å²) in [5.74, 6) is 2.14. The molecule has 4 heterocycles. The van der Waals surface area contributed by atoms with Crippen LogP contribution >= 0.6 is 0 Å². The van der Waals surface area contributed by atoms with Gasteiger partial charge in [-0.25, -0.2) is 9.50 Å². The summed E-state index contributed by atoms with van der Waals surface area (Å²) in [5, 5.41) is 7.06. The van der Waals surface area contributed by atoms with Crippen LogP contribution in [0.1, 0.15) is 61.6 Å². The van der Waals surface area contributed by atoms with E-state index in [2.05, 4.69) is 39.0 Å². The quantitative estimate of drug-likeness (QED) is 0.770. The second-order valence-electron chi connectivity index (χ2n) is 7.41. The van der Waals surface area contributed by atoms with Gasteiger partial charge in [0.1, 0.15) is 0 Å². The third-order valence-corrected chi connectivity index (χ3v) is 4.93. The van der Waals surface area contributed by atoms with E-state index in [-0.39, 0.29) is 11.5 Å². The van der Waals surface area contributed by atoms with E-state index in [9.17, 15) is 4.79 Å². The van der Waals surface area contributed by atoms with Crippen molar-refractivity contribution in [2.24, 2.45) is 0 Å². The molecule has 0 amide bonds. The van der Waals surface area contributed by atoms with Gasteiger partial charge in [-0.05, 0) is 32.9 Å². The van der Waals surface area contributed by atoms with Crippen LogP contribution in [0.5, 0.6) is 0 Å². The first kappa shape index (κ1) is 17.0. The Morgan fingerprint density at radius 2 is 2.04 bits per heavy atom. The minimum absolute atomic E-state index is 0.0694. The highest BCUT2D eigenvalue weighted by Gasteiger charge is 2.26. The number of aromatic amines is 1. The number of fused-ring (bicyclic) bond motifs is 1. The lowest BCUT2D eigenvalue weighted by atomic mass is 9.96. The standard InChI is InChI=1S/C18H24N6O2/c1-11(2)17-20-18(26-22-17)13-4-6-23(7-5-13)10-14-9-16(25)24-15(19-14)8-12(3)21-24/h8-9,11,13,21H,4-7,10H2,1-3H3. The van der Waals surface area contributed by atoms with Gasteiger partial charge in [0.2, 0.25) is 5.89 Å². The number of H-pyrrole nitrogens is 1. The Labute approximate surface area is 151 Å². The normalized spacial score (nSPS) is 16.8. The second kappa shape index (κ2) is 6.68. The maximum atomic E-state index is 12.2. The van der Waals surface area contributed by atoms with Gasteiger partial charge in [0.25, 0.3) is 5.56 Å². The highest BCUT2D eigenvalue weighted by atomic mass is 16.5. The zero-order valence-electron chi connectivity index (χ0n) is 15.4. The Morgan fingerprint density at radius 1 is 1.27 bits per heavy atom. The van der Waals surface area contributed by atoms with Gasteiger partial charge in [0.05, 0.1) is 5.69 Å². The second-order valence-corrected chi connectivity index (χ2v) is 7.41. The number of piperidine rings is 1. The van der Waals surface area contributed by atoms with E-state index in [0.717, 1.165) is 49.0 Å². The molecule has 0 spiro atoms. The van der Waals surface area contributed by atoms with E-state index in [1.807, 2.05) is 13.0 Å². The number of hydrogen-bond acceptors (Lipinski definition) is 6. The molecule has 0 saturated carbocycles. The first-order valence-electron chi connectivity index (χ1n) is 9.14. The highest BCUT2D eigenvalue weighted by molar-refractivity contribution is 5.39. The van der Waals surface area contributed by atoms with Gasteiger partial charge in [-0.15, -0.1) is 0 Å². The van der Waals surface area contributed by atoms with Crippen LogP contribution in [0.25, 0.3) is 5.65 Å². The fourth-order valence-electron chi connectivity index (χ4n) is 3.46. The fraction of sp³-hybridized carbons (Fsp3) is 0.556. The monoisotopic (exact) mass is 356 g/mol. The van der Waals surface area contributed by atoms with Crippen LogP contribution in [0.15, 0.2) is 21.5 Å². The molecule has 8 heteroatoms. The van der Waals surface area contributed by atoms with Crippen molar-refractivity contribution in [3.63, 3.8) is 0 Å². The molecule has 4 rings (SSSR count). The van der Waals surface area contributed by atoms with Crippen LogP contribution in [0.2, 0.25) is 0 Å². The number of nitrogens with zero attached hydrogens (tertiary/aromatic N) is 5. The molecule has 1 saturated heterocycles. The largest absolute Gasteiger partial charge is 0.339 e. The molecular weight excluding hydrogens is 332 g/mol. The van der Waals surface area contributed by atoms with Crippen LogP contribution in [-0.2, 0) is 6.54 Å². The molecule has 3 aromatic rings. The number of aromatic nitrogens is 5. The molecule has 0 bridgehead atoms. The summed E-state index contributed by atoms with van der Waals surface area (Å²) in [6.45, 7) is 8.59. The number of rotatable bonds is 4. The summed E-state index contributed by atoms with van der Waals surface area (Å²) in [6, 6.07) is 3.50. The zero-order chi connectivity index (χ0) is 18.3. The Balaban J connectivity index is 1.41. The smallest absolute Gasteiger partial charge is 0.272 e. The van der Waals surface area contributed by atoms with E-state index in [1.165, 1.54) is 4.52 Å². The molecule has 0 radical (unpaired) electrons. The van der Waals surface area contributed by atoms with Gasteiger partial charge in [-0.3, -0.25) is 14.8 Å². The molecule has 3 aromatic heterocycles. The Bertz CT molecular complexity index is 962. The summed E-state index contributed by atoms with van der Waals surface area (Å²) in [4.78, 5) is 23.7. The molecule has 1 aliphatic heterocycles. The van der Waals surface area contributed by atoms with Gasteiger partial charge in [-0.2, -0.15) is 4.98 Å². The van der Waals surface area contributed by atoms with Gasteiger partial charge in [0, 0.05) is 36.2 Å². The minimum atomic E-state index is -0.0694. The number of aryl methyl sites for hydroxylation is 1. The molecule has 1 aliphatic rings. The Kier molecular flexibility index (Phi) is 4.36. The van der Waals surface area contributed by atoms with Gasteiger partial charge < -0.3 is 4.52 Å². The van der Waals surface area contributed by atoms with E-state index >= 15 is 0 Å². The fourth-order valence-corrected chi connectivity index (χ4v) is 3.46. The van der Waals surface area contributed by atoms with E-state index in [4.69, 9.17) is 4.52 Å². The van der Waals surface area contributed by atoms with Crippen molar-refractivity contribution in [1.29, 1.82) is 0 Å². The van der Waals surface area contributed by atoms with Gasteiger partial charge >= 0.3 is 0 Å². The Hall–Kier alpha value is -2.48. The van der Waals surface area contributed by atoms with Crippen molar-refractivity contribution in [1.82, 2.24) is 29.6 Å². The Morgan fingerprint density at radius 3 is 2.73 bits per heavy atom. The first-order chi connectivity index (χ1) is 12.5. The van der Waals surface area contributed by atoms with Crippen LogP contribution in [0.3, 0.4) is 0 Å². The first-order valence-corrected chi connectivity index (χ1v) is 9.14. The summed E-state index contributed by atoms with van der Waals surface area (Å²) in [6.07, 6.45) is 1.95. The predicted molar refractivity (Wildman–Crippen MR) is 96.2 cm³/mol. The van der Waals surface area contributed by atoms with Crippen molar-refractivity contribution in [3.8, 4) is 0 Å². The molecule has 1 N–H and O–H groups in total. The van der Waals surface area contributed by atoms with Crippen molar-refractivity contribution in [2.45, 2.75) is 52.0 Å². The molecular formula is C18H24N6O2. The summed E-state index contributed by atoms with van der Waals surface area (Å²) < 4.78 is 6.92. The van der Waals surface area contributed by atoms with E-state index in [1.54, 1.807) is 6.07 Å². The van der Waals surface area contributed by atoms with Gasteiger partial charge in [-0.1, -0.05) is 19.0 Å². The SMILES string of the molecule is Cc1cc2nc(CN3CCC(c4nc(C(C)C)no4)CC3)cc(=O)n2[nH]1. The van der Waals surface area contributed by atoms with Crippen molar-refractivity contribution in [3.05, 3.63) is 45.6 Å². The van der Waals surface area contributed by atoms with Crippen molar-refractivity contribution >= 4 is 5.65 Å². The molecule has 26 heavy (non-hydrogen) atoms. The average molecular weight is 356 g/mol. The lowest BCUT2D eigenvalue weighted by molar-refractivity contribution is 0.186.